The van der Waals surface area contributed by atoms with E-state index in [1.54, 1.807) is 60.8 Å². The van der Waals surface area contributed by atoms with E-state index in [4.69, 9.17) is 17.3 Å². The molecule has 1 saturated heterocycles. The van der Waals surface area contributed by atoms with Crippen molar-refractivity contribution in [2.24, 2.45) is 5.73 Å². The molecule has 1 fully saturated rings. The fraction of sp³-hybridized carbons (Fsp3) is 0.143. The van der Waals surface area contributed by atoms with Crippen molar-refractivity contribution in [1.29, 1.82) is 0 Å². The summed E-state index contributed by atoms with van der Waals surface area (Å²) in [6.07, 6.45) is 1.27. The lowest BCUT2D eigenvalue weighted by Gasteiger charge is -2.38. The van der Waals surface area contributed by atoms with E-state index >= 15 is 0 Å². The summed E-state index contributed by atoms with van der Waals surface area (Å²) >= 11 is 6.03. The minimum atomic E-state index is -4.13. The number of pyridine rings is 1. The average molecular weight is 563 g/mol. The predicted molar refractivity (Wildman–Crippen MR) is 146 cm³/mol. The van der Waals surface area contributed by atoms with E-state index in [0.717, 1.165) is 25.8 Å². The normalized spacial score (nSPS) is 16.4. The summed E-state index contributed by atoms with van der Waals surface area (Å²) in [5.74, 6) is -2.15. The molecule has 198 valence electrons. The Hall–Kier alpha value is -4.12. The molecule has 1 aliphatic heterocycles. The molecule has 0 aliphatic carbocycles. The Morgan fingerprint density at radius 3 is 2.38 bits per heavy atom. The maximum absolute atomic E-state index is 13.5. The number of nitrogens with two attached hydrogens (primary N) is 1. The first-order chi connectivity index (χ1) is 18.6. The van der Waals surface area contributed by atoms with Crippen LogP contribution in [0.5, 0.6) is 0 Å². The number of piperazine rings is 1. The second kappa shape index (κ2) is 10.6. The van der Waals surface area contributed by atoms with Gasteiger partial charge in [-0.3, -0.25) is 24.3 Å². The van der Waals surface area contributed by atoms with Gasteiger partial charge in [0.2, 0.25) is 21.8 Å². The summed E-state index contributed by atoms with van der Waals surface area (Å²) in [5.41, 5.74) is 7.13. The summed E-state index contributed by atoms with van der Waals surface area (Å²) in [6, 6.07) is 20.6. The van der Waals surface area contributed by atoms with Gasteiger partial charge in [-0.15, -0.1) is 0 Å². The number of carbonyl (C=O) groups is 3. The van der Waals surface area contributed by atoms with Gasteiger partial charge in [0.25, 0.3) is 5.91 Å². The van der Waals surface area contributed by atoms with Crippen LogP contribution in [0.15, 0.2) is 90.0 Å². The molecule has 1 atom stereocenters. The fourth-order valence-electron chi connectivity index (χ4n) is 4.62. The molecule has 3 aromatic carbocycles. The van der Waals surface area contributed by atoms with Crippen LogP contribution in [0, 0.1) is 0 Å². The molecular formula is C28H23ClN4O5S. The first kappa shape index (κ1) is 26.5. The Morgan fingerprint density at radius 2 is 1.69 bits per heavy atom. The summed E-state index contributed by atoms with van der Waals surface area (Å²) in [7, 11) is -4.13. The summed E-state index contributed by atoms with van der Waals surface area (Å²) < 4.78 is 28.0. The van der Waals surface area contributed by atoms with Crippen LogP contribution in [-0.2, 0) is 19.6 Å². The van der Waals surface area contributed by atoms with E-state index in [-0.39, 0.29) is 23.4 Å². The molecule has 1 aromatic heterocycles. The first-order valence-corrected chi connectivity index (χ1v) is 13.8. The number of rotatable bonds is 6. The Bertz CT molecular complexity index is 1690. The van der Waals surface area contributed by atoms with Crippen LogP contribution in [0.3, 0.4) is 0 Å². The number of amides is 3. The number of carbonyl (C=O) groups excluding carboxylic acids is 3. The van der Waals surface area contributed by atoms with Crippen LogP contribution in [0.2, 0.25) is 5.02 Å². The molecule has 2 heterocycles. The summed E-state index contributed by atoms with van der Waals surface area (Å²) in [5, 5.41) is 1.93. The maximum atomic E-state index is 13.5. The van der Waals surface area contributed by atoms with Crippen LogP contribution in [0.25, 0.3) is 22.0 Å². The molecule has 0 spiro atoms. The van der Waals surface area contributed by atoms with Crippen LogP contribution in [0.4, 0.5) is 0 Å². The Labute approximate surface area is 229 Å². The SMILES string of the molecule is NC(=O)CC1CN(S(=O)(=O)c2ccc3cc(Cl)ccc3c2)CC(=O)N1C(=O)c1ccc(-c2ccccn2)cc1. The summed E-state index contributed by atoms with van der Waals surface area (Å²) in [6.45, 7) is -0.832. The largest absolute Gasteiger partial charge is 0.370 e. The number of sulfonamides is 1. The molecule has 1 aliphatic rings. The molecule has 5 rings (SSSR count). The van der Waals surface area contributed by atoms with Crippen molar-refractivity contribution in [3.05, 3.63) is 95.6 Å². The van der Waals surface area contributed by atoms with Gasteiger partial charge < -0.3 is 5.73 Å². The molecule has 0 bridgehead atoms. The minimum absolute atomic E-state index is 0.0205. The van der Waals surface area contributed by atoms with Crippen molar-refractivity contribution < 1.29 is 22.8 Å². The van der Waals surface area contributed by atoms with E-state index in [9.17, 15) is 22.8 Å². The molecule has 1 unspecified atom stereocenters. The van der Waals surface area contributed by atoms with Crippen molar-refractivity contribution >= 4 is 50.1 Å². The second-order valence-corrected chi connectivity index (χ2v) is 11.5. The lowest BCUT2D eigenvalue weighted by Crippen LogP contribution is -2.60. The third-order valence-corrected chi connectivity index (χ3v) is 8.56. The van der Waals surface area contributed by atoms with E-state index in [0.29, 0.717) is 10.4 Å². The van der Waals surface area contributed by atoms with Gasteiger partial charge in [0.15, 0.2) is 0 Å². The van der Waals surface area contributed by atoms with Crippen LogP contribution < -0.4 is 5.73 Å². The maximum Gasteiger partial charge on any atom is 0.260 e. The van der Waals surface area contributed by atoms with Gasteiger partial charge >= 0.3 is 0 Å². The predicted octanol–water partition coefficient (Wildman–Crippen LogP) is 3.47. The minimum Gasteiger partial charge on any atom is -0.370 e. The number of benzene rings is 3. The average Bonchev–Trinajstić information content (AvgIpc) is 2.92. The molecule has 39 heavy (non-hydrogen) atoms. The first-order valence-electron chi connectivity index (χ1n) is 12.0. The monoisotopic (exact) mass is 562 g/mol. The van der Waals surface area contributed by atoms with Crippen LogP contribution in [0.1, 0.15) is 16.8 Å². The lowest BCUT2D eigenvalue weighted by molar-refractivity contribution is -0.134. The highest BCUT2D eigenvalue weighted by molar-refractivity contribution is 7.89. The fourth-order valence-corrected chi connectivity index (χ4v) is 6.27. The van der Waals surface area contributed by atoms with E-state index in [2.05, 4.69) is 4.98 Å². The highest BCUT2D eigenvalue weighted by Gasteiger charge is 2.42. The number of fused-ring (bicyclic) bond motifs is 1. The highest BCUT2D eigenvalue weighted by atomic mass is 35.5. The standard InChI is InChI=1S/C28H23ClN4O5S/c29-22-10-8-21-14-24(11-9-20(21)13-22)39(37,38)32-16-23(15-26(30)34)33(27(35)17-32)28(36)19-6-4-18(5-7-19)25-3-1-2-12-31-25/h1-14,23H,15-17H2,(H2,30,34). The van der Waals surface area contributed by atoms with Crippen LogP contribution in [-0.4, -0.2) is 59.5 Å². The third kappa shape index (κ3) is 5.40. The Morgan fingerprint density at radius 1 is 0.974 bits per heavy atom. The van der Waals surface area contributed by atoms with Gasteiger partial charge in [0.1, 0.15) is 0 Å². The van der Waals surface area contributed by atoms with Gasteiger partial charge in [-0.1, -0.05) is 41.9 Å². The number of imide groups is 1. The highest BCUT2D eigenvalue weighted by Crippen LogP contribution is 2.28. The zero-order valence-electron chi connectivity index (χ0n) is 20.5. The molecule has 4 aromatic rings. The summed E-state index contributed by atoms with van der Waals surface area (Å²) in [4.78, 5) is 43.7. The van der Waals surface area contributed by atoms with E-state index < -0.39 is 40.3 Å². The number of primary amides is 1. The number of hydrogen-bond acceptors (Lipinski definition) is 6. The van der Waals surface area contributed by atoms with Gasteiger partial charge in [-0.25, -0.2) is 8.42 Å². The van der Waals surface area contributed by atoms with Gasteiger partial charge in [0.05, 0.1) is 23.2 Å². The molecule has 3 amide bonds. The molecule has 0 saturated carbocycles. The second-order valence-electron chi connectivity index (χ2n) is 9.14. The van der Waals surface area contributed by atoms with E-state index in [1.165, 1.54) is 12.1 Å². The smallest absolute Gasteiger partial charge is 0.260 e. The third-order valence-electron chi connectivity index (χ3n) is 6.52. The number of halogens is 1. The molecule has 2 N–H and O–H groups in total. The molecule has 11 heteroatoms. The van der Waals surface area contributed by atoms with Gasteiger partial charge in [0, 0.05) is 35.3 Å². The van der Waals surface area contributed by atoms with Crippen molar-refractivity contribution in [2.75, 3.05) is 13.1 Å². The van der Waals surface area contributed by atoms with E-state index in [1.807, 2.05) is 12.1 Å². The Kier molecular flexibility index (Phi) is 7.17. The van der Waals surface area contributed by atoms with Crippen molar-refractivity contribution in [1.82, 2.24) is 14.2 Å². The van der Waals surface area contributed by atoms with Crippen molar-refractivity contribution in [2.45, 2.75) is 17.4 Å². The topological polar surface area (TPSA) is 131 Å². The van der Waals surface area contributed by atoms with Gasteiger partial charge in [-0.2, -0.15) is 4.31 Å². The van der Waals surface area contributed by atoms with Crippen LogP contribution >= 0.6 is 11.6 Å². The zero-order chi connectivity index (χ0) is 27.7. The molecule has 9 nitrogen and oxygen atoms in total. The van der Waals surface area contributed by atoms with Crippen molar-refractivity contribution in [3.8, 4) is 11.3 Å². The zero-order valence-corrected chi connectivity index (χ0v) is 22.1. The van der Waals surface area contributed by atoms with Crippen molar-refractivity contribution in [3.63, 3.8) is 0 Å². The quantitative estimate of drug-likeness (QED) is 0.358. The number of hydrogen-bond donors (Lipinski definition) is 1. The Balaban J connectivity index is 1.42. The molecular weight excluding hydrogens is 540 g/mol. The van der Waals surface area contributed by atoms with Gasteiger partial charge in [-0.05, 0) is 59.3 Å². The number of nitrogens with zero attached hydrogens (tertiary/aromatic N) is 3. The number of aromatic nitrogens is 1. The lowest BCUT2D eigenvalue weighted by atomic mass is 10.0. The molecule has 0 radical (unpaired) electrons.